The van der Waals surface area contributed by atoms with Crippen molar-refractivity contribution in [3.63, 3.8) is 0 Å². The molecule has 0 aliphatic rings. The van der Waals surface area contributed by atoms with Crippen LogP contribution in [0.25, 0.3) is 0 Å². The molecular formula is C66H120NO8P. The van der Waals surface area contributed by atoms with Crippen molar-refractivity contribution < 1.29 is 42.1 Å². The van der Waals surface area contributed by atoms with Crippen LogP contribution >= 0.6 is 7.82 Å². The highest BCUT2D eigenvalue weighted by Gasteiger charge is 2.22. The molecule has 0 rings (SSSR count). The van der Waals surface area contributed by atoms with Gasteiger partial charge < -0.3 is 27.9 Å². The van der Waals surface area contributed by atoms with Gasteiger partial charge in [0.1, 0.15) is 19.8 Å². The van der Waals surface area contributed by atoms with Gasteiger partial charge in [-0.15, -0.1) is 0 Å². The van der Waals surface area contributed by atoms with E-state index in [2.05, 4.69) is 86.8 Å². The molecule has 0 amide bonds. The van der Waals surface area contributed by atoms with Crippen LogP contribution in [0, 0.1) is 0 Å². The molecule has 0 saturated heterocycles. The van der Waals surface area contributed by atoms with Crippen LogP contribution in [0.3, 0.4) is 0 Å². The minimum absolute atomic E-state index is 0.0314. The maximum Gasteiger partial charge on any atom is 0.306 e. The zero-order valence-corrected chi connectivity index (χ0v) is 51.1. The minimum atomic E-state index is -4.63. The van der Waals surface area contributed by atoms with Crippen molar-refractivity contribution in [2.75, 3.05) is 47.5 Å². The van der Waals surface area contributed by atoms with E-state index in [0.29, 0.717) is 17.4 Å². The Balaban J connectivity index is 3.84. The molecule has 0 N–H and O–H groups in total. The van der Waals surface area contributed by atoms with Crippen LogP contribution in [-0.2, 0) is 32.7 Å². The second-order valence-corrected chi connectivity index (χ2v) is 23.8. The van der Waals surface area contributed by atoms with Gasteiger partial charge in [0, 0.05) is 12.8 Å². The molecule has 2 atom stereocenters. The van der Waals surface area contributed by atoms with Gasteiger partial charge >= 0.3 is 11.9 Å². The third-order valence-electron chi connectivity index (χ3n) is 13.7. The van der Waals surface area contributed by atoms with E-state index in [4.69, 9.17) is 18.5 Å². The van der Waals surface area contributed by atoms with Gasteiger partial charge in [0.2, 0.25) is 0 Å². The van der Waals surface area contributed by atoms with Crippen molar-refractivity contribution in [3.8, 4) is 0 Å². The molecular weight excluding hydrogens is 966 g/mol. The van der Waals surface area contributed by atoms with Gasteiger partial charge in [-0.3, -0.25) is 14.2 Å². The highest BCUT2D eigenvalue weighted by molar-refractivity contribution is 7.45. The molecule has 0 aromatic carbocycles. The molecule has 0 spiro atoms. The lowest BCUT2D eigenvalue weighted by Crippen LogP contribution is -2.37. The first-order chi connectivity index (χ1) is 37.0. The molecule has 0 saturated carbocycles. The molecule has 0 radical (unpaired) electrons. The van der Waals surface area contributed by atoms with Crippen LogP contribution in [0.4, 0.5) is 0 Å². The van der Waals surface area contributed by atoms with E-state index < -0.39 is 32.5 Å². The van der Waals surface area contributed by atoms with Crippen LogP contribution in [0.1, 0.15) is 284 Å². The number of phosphoric acid groups is 1. The molecule has 10 heteroatoms. The predicted octanol–water partition coefficient (Wildman–Crippen LogP) is 19.4. The Labute approximate surface area is 469 Å². The lowest BCUT2D eigenvalue weighted by Gasteiger charge is -2.28. The van der Waals surface area contributed by atoms with Gasteiger partial charge in [-0.25, -0.2) is 0 Å². The maximum absolute atomic E-state index is 12.8. The van der Waals surface area contributed by atoms with E-state index in [1.807, 2.05) is 21.1 Å². The van der Waals surface area contributed by atoms with Crippen LogP contribution in [-0.4, -0.2) is 70.0 Å². The number of rotatable bonds is 58. The zero-order chi connectivity index (χ0) is 55.6. The number of hydrogen-bond donors (Lipinski definition) is 0. The lowest BCUT2D eigenvalue weighted by molar-refractivity contribution is -0.870. The number of esters is 2. The Morgan fingerprint density at radius 3 is 1.13 bits per heavy atom. The average Bonchev–Trinajstić information content (AvgIpc) is 3.38. The molecule has 442 valence electrons. The molecule has 0 heterocycles. The largest absolute Gasteiger partial charge is 0.756 e. The number of unbranched alkanes of at least 4 members (excludes halogenated alkanes) is 32. The molecule has 0 aromatic heterocycles. The number of likely N-dealkylation sites (N-methyl/N-ethyl adjacent to an activating group) is 1. The standard InChI is InChI=1S/C66H120NO8P/c1-6-8-10-12-14-16-18-19-20-21-22-23-24-25-26-27-28-29-30-31-32-33-34-35-36-37-38-39-40-41-42-43-44-45-46-47-49-51-53-55-57-59-66(69)75-64(63-74-76(70,71)73-61-60-67(3,4)5)62-72-65(68)58-56-54-52-50-48-17-15-13-11-9-7-2/h8,10,13-16,19-20,22-23,25-26,64H,6-7,9,11-12,17-18,21,24,27-63H2,1-5H3/b10-8-,15-13-,16-14-,20-19-,23-22-,26-25-. The second kappa shape index (κ2) is 57.1. The predicted molar refractivity (Wildman–Crippen MR) is 323 cm³/mol. The molecule has 0 bridgehead atoms. The molecule has 9 nitrogen and oxygen atoms in total. The topological polar surface area (TPSA) is 111 Å². The van der Waals surface area contributed by atoms with Crippen molar-refractivity contribution in [2.24, 2.45) is 0 Å². The number of quaternary nitrogens is 1. The van der Waals surface area contributed by atoms with Gasteiger partial charge in [-0.1, -0.05) is 267 Å². The van der Waals surface area contributed by atoms with Crippen molar-refractivity contribution in [1.29, 1.82) is 0 Å². The normalized spacial score (nSPS) is 13.7. The fourth-order valence-electron chi connectivity index (χ4n) is 8.84. The smallest absolute Gasteiger partial charge is 0.306 e. The van der Waals surface area contributed by atoms with Crippen molar-refractivity contribution >= 4 is 19.8 Å². The first kappa shape index (κ1) is 73.5. The first-order valence-corrected chi connectivity index (χ1v) is 33.1. The van der Waals surface area contributed by atoms with Crippen LogP contribution in [0.15, 0.2) is 72.9 Å². The number of nitrogens with zero attached hydrogens (tertiary/aromatic N) is 1. The Morgan fingerprint density at radius 2 is 0.750 bits per heavy atom. The molecule has 2 unspecified atom stereocenters. The maximum atomic E-state index is 12.8. The number of ether oxygens (including phenoxy) is 2. The van der Waals surface area contributed by atoms with Crippen molar-refractivity contribution in [3.05, 3.63) is 72.9 Å². The summed E-state index contributed by atoms with van der Waals surface area (Å²) in [6.07, 6.45) is 75.7. The molecule has 0 aliphatic heterocycles. The molecule has 0 aromatic rings. The minimum Gasteiger partial charge on any atom is -0.756 e. The quantitative estimate of drug-likeness (QED) is 0.0195. The monoisotopic (exact) mass is 1090 g/mol. The Kier molecular flexibility index (Phi) is 55.2. The SMILES string of the molecule is CC/C=C\C/C=C\C/C=C\C/C=C\C/C=C\CCCCCCCCCCCCCCCCCCCCCCCCCCCC(=O)OC(COC(=O)CCCCCCC/C=C\CCCC)COP(=O)([O-])OCC[N+](C)(C)C. The number of carbonyl (C=O) groups excluding carboxylic acids is 2. The van der Waals surface area contributed by atoms with Crippen LogP contribution in [0.2, 0.25) is 0 Å². The molecule has 0 fully saturated rings. The first-order valence-electron chi connectivity index (χ1n) is 31.6. The highest BCUT2D eigenvalue weighted by atomic mass is 31.2. The van der Waals surface area contributed by atoms with Gasteiger partial charge in [-0.2, -0.15) is 0 Å². The van der Waals surface area contributed by atoms with Gasteiger partial charge in [0.25, 0.3) is 7.82 Å². The summed E-state index contributed by atoms with van der Waals surface area (Å²) in [5, 5.41) is 0. The average molecular weight is 1090 g/mol. The Hall–Kier alpha value is -2.55. The van der Waals surface area contributed by atoms with Crippen molar-refractivity contribution in [2.45, 2.75) is 290 Å². The second-order valence-electron chi connectivity index (χ2n) is 22.4. The summed E-state index contributed by atoms with van der Waals surface area (Å²) in [4.78, 5) is 37.7. The van der Waals surface area contributed by atoms with E-state index in [9.17, 15) is 19.0 Å². The number of hydrogen-bond acceptors (Lipinski definition) is 8. The number of allylic oxidation sites excluding steroid dienone is 12. The third kappa shape index (κ3) is 60.7. The van der Waals surface area contributed by atoms with Gasteiger partial charge in [0.15, 0.2) is 6.10 Å². The van der Waals surface area contributed by atoms with E-state index in [1.165, 1.54) is 161 Å². The van der Waals surface area contributed by atoms with Gasteiger partial charge in [0.05, 0.1) is 27.7 Å². The summed E-state index contributed by atoms with van der Waals surface area (Å²) in [5.74, 6) is -0.836. The highest BCUT2D eigenvalue weighted by Crippen LogP contribution is 2.38. The fourth-order valence-corrected chi connectivity index (χ4v) is 9.57. The molecule has 76 heavy (non-hydrogen) atoms. The lowest BCUT2D eigenvalue weighted by atomic mass is 10.0. The summed E-state index contributed by atoms with van der Waals surface area (Å²) >= 11 is 0. The number of carbonyl (C=O) groups is 2. The Bertz CT molecular complexity index is 1510. The van der Waals surface area contributed by atoms with Gasteiger partial charge in [-0.05, 0) is 77.0 Å². The summed E-state index contributed by atoms with van der Waals surface area (Å²) in [6.45, 7) is 4.09. The zero-order valence-electron chi connectivity index (χ0n) is 50.2. The fraction of sp³-hybridized carbons (Fsp3) is 0.788. The van der Waals surface area contributed by atoms with Crippen molar-refractivity contribution in [1.82, 2.24) is 0 Å². The van der Waals surface area contributed by atoms with E-state index in [0.717, 1.165) is 89.9 Å². The van der Waals surface area contributed by atoms with Crippen LogP contribution in [0.5, 0.6) is 0 Å². The van der Waals surface area contributed by atoms with E-state index in [-0.39, 0.29) is 26.1 Å². The summed E-state index contributed by atoms with van der Waals surface area (Å²) in [7, 11) is 1.17. The molecule has 0 aliphatic carbocycles. The third-order valence-corrected chi connectivity index (χ3v) is 14.7. The number of phosphoric ester groups is 1. The summed E-state index contributed by atoms with van der Waals surface area (Å²) in [5.41, 5.74) is 0. The van der Waals surface area contributed by atoms with E-state index >= 15 is 0 Å². The van der Waals surface area contributed by atoms with Crippen LogP contribution < -0.4 is 4.89 Å². The summed E-state index contributed by atoms with van der Waals surface area (Å²) in [6, 6.07) is 0. The summed E-state index contributed by atoms with van der Waals surface area (Å²) < 4.78 is 34.1. The Morgan fingerprint density at radius 1 is 0.421 bits per heavy atom. The van der Waals surface area contributed by atoms with E-state index in [1.54, 1.807) is 0 Å².